The van der Waals surface area contributed by atoms with Crippen LogP contribution in [0.1, 0.15) is 23.7 Å². The zero-order valence-electron chi connectivity index (χ0n) is 13.7. The van der Waals surface area contributed by atoms with E-state index in [0.717, 1.165) is 13.0 Å². The Morgan fingerprint density at radius 3 is 2.42 bits per heavy atom. The number of nitrogens with one attached hydrogen (secondary N) is 2. The fourth-order valence-corrected chi connectivity index (χ4v) is 2.16. The first-order valence-corrected chi connectivity index (χ1v) is 7.75. The van der Waals surface area contributed by atoms with Crippen molar-refractivity contribution in [2.75, 3.05) is 31.4 Å². The molecule has 0 aliphatic rings. The number of hydrogen-bond donors (Lipinski definition) is 2. The minimum absolute atomic E-state index is 0.327. The second-order valence-electron chi connectivity index (χ2n) is 4.86. The number of hydrogen-bond acceptors (Lipinski definition) is 6. The Morgan fingerprint density at radius 2 is 1.83 bits per heavy atom. The van der Waals surface area contributed by atoms with E-state index in [-0.39, 0.29) is 5.91 Å². The number of anilines is 2. The van der Waals surface area contributed by atoms with E-state index in [2.05, 4.69) is 20.6 Å². The summed E-state index contributed by atoms with van der Waals surface area (Å²) in [4.78, 5) is 20.6. The highest BCUT2D eigenvalue weighted by Crippen LogP contribution is 2.36. The molecule has 0 fully saturated rings. The molecule has 0 radical (unpaired) electrons. The SMILES string of the molecule is CCCNc1ncc(C(=O)Nc2cc(OC)c(Cl)cc2OC)cn1. The molecule has 7 nitrogen and oxygen atoms in total. The molecule has 0 saturated carbocycles. The fraction of sp³-hybridized carbons (Fsp3) is 0.312. The van der Waals surface area contributed by atoms with E-state index < -0.39 is 0 Å². The zero-order valence-corrected chi connectivity index (χ0v) is 14.5. The zero-order chi connectivity index (χ0) is 17.5. The summed E-state index contributed by atoms with van der Waals surface area (Å²) < 4.78 is 10.4. The highest BCUT2D eigenvalue weighted by Gasteiger charge is 2.14. The molecule has 0 unspecified atom stereocenters. The van der Waals surface area contributed by atoms with Crippen molar-refractivity contribution in [2.24, 2.45) is 0 Å². The summed E-state index contributed by atoms with van der Waals surface area (Å²) in [5.74, 6) is 0.985. The first-order chi connectivity index (χ1) is 11.6. The van der Waals surface area contributed by atoms with Crippen LogP contribution in [-0.2, 0) is 0 Å². The molecule has 0 bridgehead atoms. The number of ether oxygens (including phenoxy) is 2. The molecular weight excluding hydrogens is 332 g/mol. The van der Waals surface area contributed by atoms with Gasteiger partial charge in [-0.1, -0.05) is 18.5 Å². The van der Waals surface area contributed by atoms with E-state index in [9.17, 15) is 4.79 Å². The molecule has 2 aromatic rings. The molecule has 1 aromatic heterocycles. The monoisotopic (exact) mass is 350 g/mol. The Balaban J connectivity index is 2.17. The average molecular weight is 351 g/mol. The van der Waals surface area contributed by atoms with Gasteiger partial charge in [-0.25, -0.2) is 9.97 Å². The second-order valence-corrected chi connectivity index (χ2v) is 5.27. The number of nitrogens with zero attached hydrogens (tertiary/aromatic N) is 2. The van der Waals surface area contributed by atoms with Crippen molar-refractivity contribution in [2.45, 2.75) is 13.3 Å². The molecule has 0 saturated heterocycles. The number of carbonyl (C=O) groups is 1. The fourth-order valence-electron chi connectivity index (χ4n) is 1.93. The summed E-state index contributed by atoms with van der Waals surface area (Å²) in [7, 11) is 2.99. The van der Waals surface area contributed by atoms with Gasteiger partial charge in [0.05, 0.1) is 30.5 Å². The van der Waals surface area contributed by atoms with Crippen LogP contribution in [0.2, 0.25) is 5.02 Å². The number of rotatable bonds is 7. The maximum Gasteiger partial charge on any atom is 0.258 e. The van der Waals surface area contributed by atoms with Crippen LogP contribution in [0.25, 0.3) is 0 Å². The van der Waals surface area contributed by atoms with Crippen LogP contribution in [0.3, 0.4) is 0 Å². The Bertz CT molecular complexity index is 707. The molecule has 0 atom stereocenters. The largest absolute Gasteiger partial charge is 0.495 e. The Labute approximate surface area is 145 Å². The molecule has 0 aliphatic carbocycles. The van der Waals surface area contributed by atoms with Crippen molar-refractivity contribution >= 4 is 29.1 Å². The highest BCUT2D eigenvalue weighted by atomic mass is 35.5. The topological polar surface area (TPSA) is 85.4 Å². The van der Waals surface area contributed by atoms with E-state index in [4.69, 9.17) is 21.1 Å². The number of halogens is 1. The van der Waals surface area contributed by atoms with Gasteiger partial charge < -0.3 is 20.1 Å². The molecule has 2 N–H and O–H groups in total. The first-order valence-electron chi connectivity index (χ1n) is 7.37. The van der Waals surface area contributed by atoms with Gasteiger partial charge >= 0.3 is 0 Å². The molecular formula is C16H19ClN4O3. The molecule has 2 rings (SSSR count). The summed E-state index contributed by atoms with van der Waals surface area (Å²) in [5, 5.41) is 6.17. The van der Waals surface area contributed by atoms with E-state index in [0.29, 0.717) is 33.7 Å². The molecule has 128 valence electrons. The van der Waals surface area contributed by atoms with Gasteiger partial charge in [0.2, 0.25) is 5.95 Å². The number of benzene rings is 1. The van der Waals surface area contributed by atoms with Crippen LogP contribution in [0, 0.1) is 0 Å². The van der Waals surface area contributed by atoms with Gasteiger partial charge in [-0.15, -0.1) is 0 Å². The first kappa shape index (κ1) is 17.8. The predicted octanol–water partition coefficient (Wildman–Crippen LogP) is 3.22. The van der Waals surface area contributed by atoms with Gasteiger partial charge in [-0.05, 0) is 6.42 Å². The van der Waals surface area contributed by atoms with E-state index in [1.54, 1.807) is 12.1 Å². The van der Waals surface area contributed by atoms with Gasteiger partial charge in [-0.3, -0.25) is 4.79 Å². The minimum Gasteiger partial charge on any atom is -0.495 e. The minimum atomic E-state index is -0.361. The van der Waals surface area contributed by atoms with Crippen LogP contribution in [0.15, 0.2) is 24.5 Å². The standard InChI is InChI=1S/C16H19ClN4O3/c1-4-5-18-16-19-8-10(9-20-16)15(22)21-12-7-13(23-2)11(17)6-14(12)24-3/h6-9H,4-5H2,1-3H3,(H,21,22)(H,18,19,20). The second kappa shape index (κ2) is 8.35. The summed E-state index contributed by atoms with van der Waals surface area (Å²) in [6, 6.07) is 3.17. The highest BCUT2D eigenvalue weighted by molar-refractivity contribution is 6.32. The van der Waals surface area contributed by atoms with Crippen molar-refractivity contribution < 1.29 is 14.3 Å². The summed E-state index contributed by atoms with van der Waals surface area (Å²) in [5.41, 5.74) is 0.768. The van der Waals surface area contributed by atoms with Crippen molar-refractivity contribution in [3.05, 3.63) is 35.1 Å². The van der Waals surface area contributed by atoms with Gasteiger partial charge in [0.1, 0.15) is 11.5 Å². The summed E-state index contributed by atoms with van der Waals surface area (Å²) in [6.45, 7) is 2.82. The molecule has 0 aliphatic heterocycles. The maximum absolute atomic E-state index is 12.4. The Morgan fingerprint density at radius 1 is 1.17 bits per heavy atom. The molecule has 24 heavy (non-hydrogen) atoms. The van der Waals surface area contributed by atoms with Crippen LogP contribution >= 0.6 is 11.6 Å². The van der Waals surface area contributed by atoms with E-state index in [1.807, 2.05) is 6.92 Å². The van der Waals surface area contributed by atoms with Crippen molar-refractivity contribution in [3.63, 3.8) is 0 Å². The number of carbonyl (C=O) groups excluding carboxylic acids is 1. The van der Waals surface area contributed by atoms with E-state index in [1.165, 1.54) is 26.6 Å². The molecule has 1 heterocycles. The van der Waals surface area contributed by atoms with Crippen molar-refractivity contribution in [3.8, 4) is 11.5 Å². The quantitative estimate of drug-likeness (QED) is 0.797. The number of methoxy groups -OCH3 is 2. The van der Waals surface area contributed by atoms with Crippen LogP contribution in [0.5, 0.6) is 11.5 Å². The van der Waals surface area contributed by atoms with Crippen LogP contribution in [-0.4, -0.2) is 36.6 Å². The van der Waals surface area contributed by atoms with Gasteiger partial charge in [0.15, 0.2) is 0 Å². The maximum atomic E-state index is 12.4. The lowest BCUT2D eigenvalue weighted by molar-refractivity contribution is 0.102. The summed E-state index contributed by atoms with van der Waals surface area (Å²) in [6.07, 6.45) is 3.88. The van der Waals surface area contributed by atoms with E-state index >= 15 is 0 Å². The smallest absolute Gasteiger partial charge is 0.258 e. The lowest BCUT2D eigenvalue weighted by Gasteiger charge is -2.13. The molecule has 8 heteroatoms. The van der Waals surface area contributed by atoms with Crippen molar-refractivity contribution in [1.29, 1.82) is 0 Å². The third-order valence-electron chi connectivity index (χ3n) is 3.17. The predicted molar refractivity (Wildman–Crippen MR) is 93.3 cm³/mol. The molecule has 1 aromatic carbocycles. The molecule has 1 amide bonds. The summed E-state index contributed by atoms with van der Waals surface area (Å²) >= 11 is 6.05. The molecule has 0 spiro atoms. The lowest BCUT2D eigenvalue weighted by Crippen LogP contribution is -2.14. The lowest BCUT2D eigenvalue weighted by atomic mass is 10.2. The average Bonchev–Trinajstić information content (AvgIpc) is 2.61. The number of aromatic nitrogens is 2. The third kappa shape index (κ3) is 4.26. The van der Waals surface area contributed by atoms with Crippen LogP contribution < -0.4 is 20.1 Å². The van der Waals surface area contributed by atoms with Crippen LogP contribution in [0.4, 0.5) is 11.6 Å². The van der Waals surface area contributed by atoms with Gasteiger partial charge in [-0.2, -0.15) is 0 Å². The van der Waals surface area contributed by atoms with Gasteiger partial charge in [0, 0.05) is 31.1 Å². The number of amides is 1. The van der Waals surface area contributed by atoms with Crippen molar-refractivity contribution in [1.82, 2.24) is 9.97 Å². The normalized spacial score (nSPS) is 10.2. The van der Waals surface area contributed by atoms with Gasteiger partial charge in [0.25, 0.3) is 5.91 Å². The Hall–Kier alpha value is -2.54. The Kier molecular flexibility index (Phi) is 6.20. The third-order valence-corrected chi connectivity index (χ3v) is 3.46.